The van der Waals surface area contributed by atoms with Crippen LogP contribution in [0.2, 0.25) is 0 Å². The Morgan fingerprint density at radius 3 is 2.59 bits per heavy atom. The normalized spacial score (nSPS) is 10.6. The van der Waals surface area contributed by atoms with E-state index in [-0.39, 0.29) is 18.1 Å². The van der Waals surface area contributed by atoms with Gasteiger partial charge in [0.1, 0.15) is 11.6 Å². The van der Waals surface area contributed by atoms with Crippen LogP contribution >= 0.6 is 0 Å². The Hall–Kier alpha value is -3.60. The zero-order chi connectivity index (χ0) is 21.6. The maximum absolute atomic E-state index is 12.4. The number of aryl methyl sites for hydroxylation is 2. The Bertz CT molecular complexity index is 1030. The highest BCUT2D eigenvalue weighted by Gasteiger charge is 2.11. The average Bonchev–Trinajstić information content (AvgIpc) is 2.67. The molecule has 8 nitrogen and oxygen atoms in total. The van der Waals surface area contributed by atoms with Gasteiger partial charge in [0, 0.05) is 19.8 Å². The van der Waals surface area contributed by atoms with E-state index in [1.807, 2.05) is 13.0 Å². The maximum Gasteiger partial charge on any atom is 0.289 e. The molecule has 1 aromatic carbocycles. The van der Waals surface area contributed by atoms with Gasteiger partial charge in [-0.1, -0.05) is 0 Å². The van der Waals surface area contributed by atoms with Gasteiger partial charge in [0.05, 0.1) is 12.8 Å². The number of pyridine rings is 1. The van der Waals surface area contributed by atoms with E-state index < -0.39 is 5.56 Å². The minimum Gasteiger partial charge on any atom is -0.490 e. The number of benzene rings is 1. The SMILES string of the molecule is CCOc1cc(C=Nn2c(C)cc(C)c(C#N)c2=O)ccc1OCC(=O)N(C)C. The average molecular weight is 396 g/mol. The van der Waals surface area contributed by atoms with Crippen LogP contribution in [0.3, 0.4) is 0 Å². The molecule has 0 fully saturated rings. The van der Waals surface area contributed by atoms with Crippen LogP contribution in [0, 0.1) is 25.2 Å². The lowest BCUT2D eigenvalue weighted by atomic mass is 10.1. The number of aromatic nitrogens is 1. The van der Waals surface area contributed by atoms with Gasteiger partial charge in [0.25, 0.3) is 11.5 Å². The first kappa shape index (κ1) is 21.7. The van der Waals surface area contributed by atoms with Crippen LogP contribution < -0.4 is 15.0 Å². The minimum absolute atomic E-state index is 0.0667. The molecule has 2 aromatic rings. The van der Waals surface area contributed by atoms with E-state index in [1.54, 1.807) is 52.2 Å². The van der Waals surface area contributed by atoms with Crippen LogP contribution in [0.4, 0.5) is 0 Å². The quantitative estimate of drug-likeness (QED) is 0.668. The van der Waals surface area contributed by atoms with E-state index in [1.165, 1.54) is 15.8 Å². The summed E-state index contributed by atoms with van der Waals surface area (Å²) in [7, 11) is 3.31. The van der Waals surface area contributed by atoms with Gasteiger partial charge < -0.3 is 14.4 Å². The van der Waals surface area contributed by atoms with Crippen molar-refractivity contribution in [2.45, 2.75) is 20.8 Å². The van der Waals surface area contributed by atoms with Crippen molar-refractivity contribution in [3.05, 3.63) is 57.0 Å². The maximum atomic E-state index is 12.4. The fourth-order valence-corrected chi connectivity index (χ4v) is 2.55. The van der Waals surface area contributed by atoms with E-state index in [2.05, 4.69) is 5.10 Å². The summed E-state index contributed by atoms with van der Waals surface area (Å²) in [4.78, 5) is 25.6. The number of hydrogen-bond acceptors (Lipinski definition) is 6. The molecule has 29 heavy (non-hydrogen) atoms. The summed E-state index contributed by atoms with van der Waals surface area (Å²) >= 11 is 0. The second-order valence-corrected chi connectivity index (χ2v) is 6.53. The first-order chi connectivity index (χ1) is 13.8. The standard InChI is InChI=1S/C21H24N4O4/c1-6-28-19-10-16(7-8-18(19)29-13-20(26)24(4)5)12-23-25-15(3)9-14(2)17(11-22)21(25)27/h7-10,12H,6,13H2,1-5H3. The van der Waals surface area contributed by atoms with Crippen LogP contribution in [0.15, 0.2) is 34.2 Å². The molecule has 0 unspecified atom stereocenters. The molecular formula is C21H24N4O4. The predicted octanol–water partition coefficient (Wildman–Crippen LogP) is 2.08. The molecule has 152 valence electrons. The first-order valence-electron chi connectivity index (χ1n) is 9.06. The topological polar surface area (TPSA) is 96.9 Å². The van der Waals surface area contributed by atoms with Gasteiger partial charge in [-0.05, 0) is 56.2 Å². The number of carbonyl (C=O) groups is 1. The number of rotatable bonds is 7. The van der Waals surface area contributed by atoms with Gasteiger partial charge in [-0.3, -0.25) is 9.59 Å². The molecule has 0 saturated carbocycles. The molecule has 0 aliphatic heterocycles. The lowest BCUT2D eigenvalue weighted by Crippen LogP contribution is -2.27. The molecule has 2 rings (SSSR count). The lowest BCUT2D eigenvalue weighted by molar-refractivity contribution is -0.130. The molecule has 0 radical (unpaired) electrons. The summed E-state index contributed by atoms with van der Waals surface area (Å²) in [5, 5.41) is 13.4. The van der Waals surface area contributed by atoms with Crippen molar-refractivity contribution in [3.63, 3.8) is 0 Å². The zero-order valence-corrected chi connectivity index (χ0v) is 17.2. The molecule has 1 heterocycles. The second-order valence-electron chi connectivity index (χ2n) is 6.53. The fourth-order valence-electron chi connectivity index (χ4n) is 2.55. The van der Waals surface area contributed by atoms with Crippen molar-refractivity contribution in [1.29, 1.82) is 5.26 Å². The van der Waals surface area contributed by atoms with Gasteiger partial charge in [-0.25, -0.2) is 4.68 Å². The van der Waals surface area contributed by atoms with Crippen LogP contribution in [-0.4, -0.2) is 49.0 Å². The summed E-state index contributed by atoms with van der Waals surface area (Å²) in [6, 6.07) is 8.79. The number of ether oxygens (including phenoxy) is 2. The van der Waals surface area contributed by atoms with Crippen molar-refractivity contribution >= 4 is 12.1 Å². The van der Waals surface area contributed by atoms with Crippen molar-refractivity contribution in [2.24, 2.45) is 5.10 Å². The van der Waals surface area contributed by atoms with E-state index in [0.29, 0.717) is 34.9 Å². The highest BCUT2D eigenvalue weighted by molar-refractivity contribution is 5.81. The number of hydrogen-bond donors (Lipinski definition) is 0. The summed E-state index contributed by atoms with van der Waals surface area (Å²) < 4.78 is 12.3. The second kappa shape index (κ2) is 9.55. The van der Waals surface area contributed by atoms with Gasteiger partial charge >= 0.3 is 0 Å². The molecule has 0 saturated heterocycles. The Labute approximate surface area is 169 Å². The molecule has 0 bridgehead atoms. The molecule has 0 spiro atoms. The molecule has 1 aromatic heterocycles. The first-order valence-corrected chi connectivity index (χ1v) is 9.06. The van der Waals surface area contributed by atoms with Gasteiger partial charge in [-0.2, -0.15) is 10.4 Å². The van der Waals surface area contributed by atoms with Crippen LogP contribution in [-0.2, 0) is 4.79 Å². The summed E-state index contributed by atoms with van der Waals surface area (Å²) in [6.07, 6.45) is 1.50. The van der Waals surface area contributed by atoms with Crippen LogP contribution in [0.1, 0.15) is 29.3 Å². The monoisotopic (exact) mass is 396 g/mol. The Balaban J connectivity index is 2.33. The number of nitriles is 1. The van der Waals surface area contributed by atoms with E-state index in [4.69, 9.17) is 9.47 Å². The van der Waals surface area contributed by atoms with Crippen LogP contribution in [0.5, 0.6) is 11.5 Å². The highest BCUT2D eigenvalue weighted by Crippen LogP contribution is 2.28. The predicted molar refractivity (Wildman–Crippen MR) is 110 cm³/mol. The Morgan fingerprint density at radius 1 is 1.24 bits per heavy atom. The number of likely N-dealkylation sites (N-methyl/N-ethyl adjacent to an activating group) is 1. The lowest BCUT2D eigenvalue weighted by Gasteiger charge is -2.14. The number of nitrogens with zero attached hydrogens (tertiary/aromatic N) is 4. The third-order valence-corrected chi connectivity index (χ3v) is 4.11. The van der Waals surface area contributed by atoms with E-state index in [0.717, 1.165) is 0 Å². The molecular weight excluding hydrogens is 372 g/mol. The van der Waals surface area contributed by atoms with Gasteiger partial charge in [0.15, 0.2) is 18.1 Å². The van der Waals surface area contributed by atoms with Crippen molar-refractivity contribution < 1.29 is 14.3 Å². The van der Waals surface area contributed by atoms with Crippen LogP contribution in [0.25, 0.3) is 0 Å². The van der Waals surface area contributed by atoms with Crippen molar-refractivity contribution in [2.75, 3.05) is 27.3 Å². The highest BCUT2D eigenvalue weighted by atomic mass is 16.5. The molecule has 0 aliphatic carbocycles. The zero-order valence-electron chi connectivity index (χ0n) is 17.2. The van der Waals surface area contributed by atoms with E-state index in [9.17, 15) is 14.9 Å². The van der Waals surface area contributed by atoms with E-state index >= 15 is 0 Å². The fraction of sp³-hybridized carbons (Fsp3) is 0.333. The number of carbonyl (C=O) groups excluding carboxylic acids is 1. The van der Waals surface area contributed by atoms with Gasteiger partial charge in [-0.15, -0.1) is 0 Å². The Kier molecular flexibility index (Phi) is 7.15. The third-order valence-electron chi connectivity index (χ3n) is 4.11. The molecule has 1 amide bonds. The number of amides is 1. The smallest absolute Gasteiger partial charge is 0.289 e. The Morgan fingerprint density at radius 2 is 1.97 bits per heavy atom. The molecule has 0 atom stereocenters. The molecule has 8 heteroatoms. The third kappa shape index (κ3) is 5.23. The van der Waals surface area contributed by atoms with Crippen molar-refractivity contribution in [1.82, 2.24) is 9.58 Å². The molecule has 0 N–H and O–H groups in total. The largest absolute Gasteiger partial charge is 0.490 e. The molecule has 0 aliphatic rings. The van der Waals surface area contributed by atoms with Crippen molar-refractivity contribution in [3.8, 4) is 17.6 Å². The summed E-state index contributed by atoms with van der Waals surface area (Å²) in [5.41, 5.74) is 1.51. The summed E-state index contributed by atoms with van der Waals surface area (Å²) in [5.74, 6) is 0.740. The van der Waals surface area contributed by atoms with Gasteiger partial charge in [0.2, 0.25) is 0 Å². The summed E-state index contributed by atoms with van der Waals surface area (Å²) in [6.45, 7) is 5.62. The minimum atomic E-state index is -0.464.